The van der Waals surface area contributed by atoms with Crippen LogP contribution in [0.3, 0.4) is 0 Å². The fourth-order valence-electron chi connectivity index (χ4n) is 0.0356. The fraction of sp³-hybridized carbons (Fsp3) is 0. The van der Waals surface area contributed by atoms with E-state index in [1.807, 2.05) is 0 Å². The molecule has 0 aromatic heterocycles. The number of carbonyl (C=O) groups is 2. The second-order valence-corrected chi connectivity index (χ2v) is 0.676. The first-order valence-corrected chi connectivity index (χ1v) is 1.25. The molecule has 0 aliphatic carbocycles. The van der Waals surface area contributed by atoms with Gasteiger partial charge in [0.1, 0.15) is 0 Å². The molecule has 0 saturated carbocycles. The van der Waals surface area contributed by atoms with Gasteiger partial charge in [0.15, 0.2) is 0 Å². The van der Waals surface area contributed by atoms with Gasteiger partial charge in [-0.25, -0.2) is 9.59 Å². The zero-order valence-corrected chi connectivity index (χ0v) is 7.42. The molecule has 0 bridgehead atoms. The summed E-state index contributed by atoms with van der Waals surface area (Å²) in [6, 6.07) is 0. The van der Waals surface area contributed by atoms with Gasteiger partial charge in [-0.3, -0.25) is 0 Å². The molecule has 0 rings (SSSR count). The summed E-state index contributed by atoms with van der Waals surface area (Å²) >= 11 is 0. The minimum atomic E-state index is -1.88. The first kappa shape index (κ1) is 15.8. The van der Waals surface area contributed by atoms with Crippen molar-refractivity contribution in [3.63, 3.8) is 0 Å². The molecule has 0 atom stereocenters. The number of hydrogen-bond donors (Lipinski definition) is 2. The van der Waals surface area contributed by atoms with Gasteiger partial charge in [-0.05, 0) is 0 Å². The summed E-state index contributed by atoms with van der Waals surface area (Å²) in [5.74, 6) is -3.67. The molecule has 6 nitrogen and oxygen atoms in total. The van der Waals surface area contributed by atoms with E-state index in [1.54, 1.807) is 0 Å². The van der Waals surface area contributed by atoms with E-state index in [2.05, 4.69) is 4.89 Å². The van der Waals surface area contributed by atoms with Crippen LogP contribution in [0, 0.1) is 0 Å². The molecular formula is C2H5NO5W. The van der Waals surface area contributed by atoms with E-state index in [0.29, 0.717) is 0 Å². The Labute approximate surface area is 64.6 Å². The van der Waals surface area contributed by atoms with Crippen LogP contribution in [0.25, 0.3) is 0 Å². The van der Waals surface area contributed by atoms with Gasteiger partial charge < -0.3 is 21.4 Å². The van der Waals surface area contributed by atoms with Gasteiger partial charge in [-0.2, -0.15) is 0 Å². The van der Waals surface area contributed by atoms with Crippen LogP contribution in [0.4, 0.5) is 0 Å². The maximum absolute atomic E-state index is 9.38. The normalized spacial score (nSPS) is 5.89. The van der Waals surface area contributed by atoms with Crippen molar-refractivity contribution in [1.29, 1.82) is 0 Å². The third kappa shape index (κ3) is 7.55. The molecule has 0 unspecified atom stereocenters. The van der Waals surface area contributed by atoms with E-state index in [4.69, 9.17) is 10.4 Å². The minimum Gasteiger partial charge on any atom is -0.661 e. The summed E-state index contributed by atoms with van der Waals surface area (Å²) in [4.78, 5) is 21.2. The zero-order valence-electron chi connectivity index (χ0n) is 4.49. The zero-order chi connectivity index (χ0) is 5.86. The molecule has 7 heteroatoms. The third-order valence-corrected chi connectivity index (χ3v) is 0.250. The van der Waals surface area contributed by atoms with Gasteiger partial charge in [0.05, 0.1) is 0 Å². The average molecular weight is 307 g/mol. The van der Waals surface area contributed by atoms with E-state index in [9.17, 15) is 9.59 Å². The molecular weight excluding hydrogens is 302 g/mol. The third-order valence-electron chi connectivity index (χ3n) is 0.250. The second kappa shape index (κ2) is 7.55. The molecule has 0 spiro atoms. The molecule has 0 saturated heterocycles. The molecule has 0 aromatic rings. The van der Waals surface area contributed by atoms with Gasteiger partial charge in [-0.15, -0.1) is 0 Å². The van der Waals surface area contributed by atoms with Crippen molar-refractivity contribution in [3.8, 4) is 0 Å². The van der Waals surface area contributed by atoms with Crippen LogP contribution in [0.5, 0.6) is 0 Å². The first-order valence-electron chi connectivity index (χ1n) is 1.25. The molecule has 0 amide bonds. The summed E-state index contributed by atoms with van der Waals surface area (Å²) in [5, 5.41) is 16.3. The Morgan fingerprint density at radius 2 is 1.78 bits per heavy atom. The van der Waals surface area contributed by atoms with Gasteiger partial charge in [-0.1, -0.05) is 0 Å². The summed E-state index contributed by atoms with van der Waals surface area (Å²) < 4.78 is 0. The van der Waals surface area contributed by atoms with Crippen molar-refractivity contribution in [2.75, 3.05) is 0 Å². The van der Waals surface area contributed by atoms with Crippen molar-refractivity contribution in [2.24, 2.45) is 0 Å². The summed E-state index contributed by atoms with van der Waals surface area (Å²) in [7, 11) is 0. The molecule has 0 aliphatic rings. The van der Waals surface area contributed by atoms with Crippen molar-refractivity contribution in [2.45, 2.75) is 0 Å². The monoisotopic (exact) mass is 307 g/mol. The fourth-order valence-corrected chi connectivity index (χ4v) is 0.0356. The van der Waals surface area contributed by atoms with Crippen molar-refractivity contribution in [3.05, 3.63) is 0 Å². The number of carboxylic acid groups (broad SMARTS) is 1. The molecule has 0 heterocycles. The number of carbonyl (C=O) groups excluding carboxylic acids is 1. The molecule has 5 N–H and O–H groups in total. The molecule has 0 aliphatic heterocycles. The van der Waals surface area contributed by atoms with Crippen LogP contribution in [0.15, 0.2) is 0 Å². The number of aliphatic carboxylic acids is 1. The van der Waals surface area contributed by atoms with Crippen molar-refractivity contribution < 1.29 is 45.9 Å². The second-order valence-electron chi connectivity index (χ2n) is 0.676. The Morgan fingerprint density at radius 1 is 1.44 bits per heavy atom. The van der Waals surface area contributed by atoms with Gasteiger partial charge in [0, 0.05) is 21.1 Å². The molecule has 54 valence electrons. The van der Waals surface area contributed by atoms with Gasteiger partial charge in [0.2, 0.25) is 0 Å². The Bertz CT molecular complexity index is 103. The van der Waals surface area contributed by atoms with Gasteiger partial charge in [0.25, 0.3) is 0 Å². The Hall–Kier alpha value is -0.452. The Morgan fingerprint density at radius 3 is 1.78 bits per heavy atom. The van der Waals surface area contributed by atoms with Crippen molar-refractivity contribution in [1.82, 2.24) is 6.15 Å². The maximum Gasteiger partial charge on any atom is 0.414 e. The molecule has 9 heavy (non-hydrogen) atoms. The summed E-state index contributed by atoms with van der Waals surface area (Å²) in [6.45, 7) is 0. The van der Waals surface area contributed by atoms with Crippen LogP contribution in [-0.4, -0.2) is 17.0 Å². The van der Waals surface area contributed by atoms with E-state index < -0.39 is 11.9 Å². The number of rotatable bonds is 0. The SMILES string of the molecule is O=C(O)C(=O)O[O-].[NH4+].[W]. The Balaban J connectivity index is -0.000000180. The van der Waals surface area contributed by atoms with Crippen LogP contribution >= 0.6 is 0 Å². The number of quaternary nitrogens is 1. The number of hydrogen-bond acceptors (Lipinski definition) is 4. The maximum atomic E-state index is 9.38. The molecule has 0 aromatic carbocycles. The Kier molecular flexibility index (Phi) is 13.3. The van der Waals surface area contributed by atoms with Crippen molar-refractivity contribution >= 4 is 11.9 Å². The van der Waals surface area contributed by atoms with Crippen LogP contribution in [-0.2, 0) is 35.5 Å². The van der Waals surface area contributed by atoms with E-state index in [1.165, 1.54) is 0 Å². The summed E-state index contributed by atoms with van der Waals surface area (Å²) in [5.41, 5.74) is 0. The van der Waals surface area contributed by atoms with E-state index in [0.717, 1.165) is 0 Å². The van der Waals surface area contributed by atoms with Crippen LogP contribution < -0.4 is 11.4 Å². The van der Waals surface area contributed by atoms with Crippen LogP contribution in [0.2, 0.25) is 0 Å². The average Bonchev–Trinajstić information content (AvgIpc) is 1.65. The molecule has 0 fully saturated rings. The smallest absolute Gasteiger partial charge is 0.414 e. The topological polar surface area (TPSA) is 123 Å². The first-order chi connectivity index (χ1) is 3.18. The largest absolute Gasteiger partial charge is 0.661 e. The van der Waals surface area contributed by atoms with E-state index >= 15 is 0 Å². The predicted molar refractivity (Wildman–Crippen MR) is 19.7 cm³/mol. The summed E-state index contributed by atoms with van der Waals surface area (Å²) in [6.07, 6.45) is 0. The quantitative estimate of drug-likeness (QED) is 0.312. The minimum absolute atomic E-state index is 0. The standard InChI is InChI=1S/C2H2O5.H3N.W/c3-1(4)2(5)7-6;;/h6H,(H,3,4);1H3;. The number of carboxylic acids is 1. The van der Waals surface area contributed by atoms with Crippen LogP contribution in [0.1, 0.15) is 0 Å². The predicted octanol–water partition coefficient (Wildman–Crippen LogP) is -1.74. The molecule has 0 radical (unpaired) electrons. The van der Waals surface area contributed by atoms with E-state index in [-0.39, 0.29) is 27.2 Å². The van der Waals surface area contributed by atoms with Gasteiger partial charge >= 0.3 is 11.9 Å².